The molecule has 0 aliphatic carbocycles. The van der Waals surface area contributed by atoms with Crippen LogP contribution in [0.1, 0.15) is 22.8 Å². The summed E-state index contributed by atoms with van der Waals surface area (Å²) in [7, 11) is -2.27. The Balaban J connectivity index is 1.45. The van der Waals surface area contributed by atoms with Gasteiger partial charge in [-0.1, -0.05) is 41.7 Å². The number of hydrogen-bond donors (Lipinski definition) is 0. The second kappa shape index (κ2) is 11.6. The number of carbonyl (C=O) groups is 2. The molecule has 1 amide bonds. The maximum Gasteiger partial charge on any atom is 0.326 e. The summed E-state index contributed by atoms with van der Waals surface area (Å²) in [5.41, 5.74) is 1.71. The van der Waals surface area contributed by atoms with Crippen LogP contribution in [0.3, 0.4) is 0 Å². The van der Waals surface area contributed by atoms with Gasteiger partial charge in [0.15, 0.2) is 16.3 Å². The first-order valence-corrected chi connectivity index (χ1v) is 14.8. The number of nitrogens with zero attached hydrogens (tertiary/aromatic N) is 3. The quantitative estimate of drug-likeness (QED) is 0.292. The van der Waals surface area contributed by atoms with Crippen molar-refractivity contribution in [2.45, 2.75) is 24.9 Å². The number of carbonyl (C=O) groups excluding carboxylic acids is 2. The number of hydrogen-bond acceptors (Lipinski definition) is 8. The van der Waals surface area contributed by atoms with E-state index in [0.717, 1.165) is 10.3 Å². The lowest BCUT2D eigenvalue weighted by Gasteiger charge is -2.18. The van der Waals surface area contributed by atoms with Crippen LogP contribution in [0.25, 0.3) is 10.2 Å². The number of ether oxygens (including phenoxy) is 3. The summed E-state index contributed by atoms with van der Waals surface area (Å²) >= 11 is 1.22. The Labute approximate surface area is 235 Å². The van der Waals surface area contributed by atoms with Crippen molar-refractivity contribution in [1.82, 2.24) is 8.87 Å². The molecule has 0 unspecified atom stereocenters. The summed E-state index contributed by atoms with van der Waals surface area (Å²) in [6, 6.07) is 18.5. The Morgan fingerprint density at radius 2 is 1.70 bits per heavy atom. The van der Waals surface area contributed by atoms with Crippen LogP contribution in [-0.2, 0) is 32.6 Å². The third-order valence-corrected chi connectivity index (χ3v) is 9.05. The first-order chi connectivity index (χ1) is 19.3. The maximum absolute atomic E-state index is 13.1. The third kappa shape index (κ3) is 5.79. The molecule has 0 fully saturated rings. The number of benzene rings is 3. The van der Waals surface area contributed by atoms with Gasteiger partial charge in [0, 0.05) is 31.3 Å². The van der Waals surface area contributed by atoms with Crippen molar-refractivity contribution in [1.29, 1.82) is 0 Å². The molecule has 208 valence electrons. The molecular weight excluding hydrogens is 554 g/mol. The highest BCUT2D eigenvalue weighted by Crippen LogP contribution is 2.35. The van der Waals surface area contributed by atoms with Crippen molar-refractivity contribution in [2.75, 3.05) is 26.9 Å². The Morgan fingerprint density at radius 1 is 1.02 bits per heavy atom. The average Bonchev–Trinajstić information content (AvgIpc) is 3.27. The molecule has 3 aromatic carbocycles. The van der Waals surface area contributed by atoms with E-state index >= 15 is 0 Å². The Hall–Kier alpha value is -4.00. The highest BCUT2D eigenvalue weighted by atomic mass is 32.2. The van der Waals surface area contributed by atoms with E-state index in [4.69, 9.17) is 14.2 Å². The maximum atomic E-state index is 13.1. The summed E-state index contributed by atoms with van der Waals surface area (Å²) in [4.78, 5) is 30.2. The van der Waals surface area contributed by atoms with Crippen molar-refractivity contribution in [3.8, 4) is 11.5 Å². The highest BCUT2D eigenvalue weighted by Gasteiger charge is 2.22. The van der Waals surface area contributed by atoms with Gasteiger partial charge in [0.1, 0.15) is 19.8 Å². The molecule has 0 atom stereocenters. The standard InChI is InChI=1S/C28H27N3O7S2/c1-3-36-26(32)18-31-22-15-23-24(38-14-13-37-23)16-25(22)39-28(31)29-27(33)20-9-11-21(12-10-20)40(34,35)30(2)17-19-7-5-4-6-8-19/h4-12,15-16H,3,13-14,17-18H2,1-2H3. The lowest BCUT2D eigenvalue weighted by atomic mass is 10.2. The Morgan fingerprint density at radius 3 is 2.38 bits per heavy atom. The van der Waals surface area contributed by atoms with Crippen LogP contribution in [0.2, 0.25) is 0 Å². The Kier molecular flexibility index (Phi) is 8.01. The molecule has 2 heterocycles. The van der Waals surface area contributed by atoms with E-state index in [2.05, 4.69) is 4.99 Å². The molecule has 0 N–H and O–H groups in total. The van der Waals surface area contributed by atoms with Crippen LogP contribution >= 0.6 is 11.3 Å². The van der Waals surface area contributed by atoms with Crippen molar-refractivity contribution >= 4 is 43.5 Å². The number of aromatic nitrogens is 1. The van der Waals surface area contributed by atoms with Crippen molar-refractivity contribution < 1.29 is 32.2 Å². The van der Waals surface area contributed by atoms with Gasteiger partial charge in [0.05, 0.1) is 21.7 Å². The molecule has 5 rings (SSSR count). The first kappa shape index (κ1) is 27.6. The van der Waals surface area contributed by atoms with Crippen LogP contribution in [-0.4, -0.2) is 56.0 Å². The predicted octanol–water partition coefficient (Wildman–Crippen LogP) is 3.60. The number of sulfonamides is 1. The largest absolute Gasteiger partial charge is 0.486 e. The van der Waals surface area contributed by atoms with Crippen LogP contribution < -0.4 is 14.3 Å². The average molecular weight is 582 g/mol. The predicted molar refractivity (Wildman–Crippen MR) is 149 cm³/mol. The smallest absolute Gasteiger partial charge is 0.326 e. The van der Waals surface area contributed by atoms with Gasteiger partial charge in [-0.05, 0) is 36.8 Å². The van der Waals surface area contributed by atoms with Crippen molar-refractivity contribution in [2.24, 2.45) is 4.99 Å². The van der Waals surface area contributed by atoms with E-state index in [9.17, 15) is 18.0 Å². The monoisotopic (exact) mass is 581 g/mol. The summed E-state index contributed by atoms with van der Waals surface area (Å²) in [6.07, 6.45) is 0. The molecule has 12 heteroatoms. The molecule has 40 heavy (non-hydrogen) atoms. The summed E-state index contributed by atoms with van der Waals surface area (Å²) in [5.74, 6) is 0.0689. The highest BCUT2D eigenvalue weighted by molar-refractivity contribution is 7.89. The Bertz CT molecular complexity index is 1730. The fourth-order valence-electron chi connectivity index (χ4n) is 4.21. The number of rotatable bonds is 8. The molecular formula is C28H27N3O7S2. The molecule has 1 aliphatic heterocycles. The van der Waals surface area contributed by atoms with E-state index in [1.54, 1.807) is 23.6 Å². The van der Waals surface area contributed by atoms with E-state index in [-0.39, 0.29) is 35.0 Å². The van der Waals surface area contributed by atoms with Gasteiger partial charge in [-0.2, -0.15) is 9.30 Å². The van der Waals surface area contributed by atoms with Gasteiger partial charge in [0.25, 0.3) is 5.91 Å². The minimum Gasteiger partial charge on any atom is -0.486 e. The van der Waals surface area contributed by atoms with Gasteiger partial charge >= 0.3 is 5.97 Å². The molecule has 0 saturated heterocycles. The van der Waals surface area contributed by atoms with E-state index < -0.39 is 21.9 Å². The van der Waals surface area contributed by atoms with Crippen molar-refractivity contribution in [3.05, 3.63) is 82.7 Å². The van der Waals surface area contributed by atoms with Gasteiger partial charge in [0.2, 0.25) is 10.0 Å². The fraction of sp³-hybridized carbons (Fsp3) is 0.250. The van der Waals surface area contributed by atoms with Crippen molar-refractivity contribution in [3.63, 3.8) is 0 Å². The van der Waals surface area contributed by atoms with E-state index in [1.807, 2.05) is 30.3 Å². The minimum absolute atomic E-state index is 0.0623. The molecule has 4 aromatic rings. The summed E-state index contributed by atoms with van der Waals surface area (Å²) < 4.78 is 46.2. The van der Waals surface area contributed by atoms with Crippen LogP contribution in [0.4, 0.5) is 0 Å². The van der Waals surface area contributed by atoms with Gasteiger partial charge in [-0.15, -0.1) is 0 Å². The van der Waals surface area contributed by atoms with Crippen LogP contribution in [0, 0.1) is 0 Å². The molecule has 0 bridgehead atoms. The zero-order valence-electron chi connectivity index (χ0n) is 21.9. The van der Waals surface area contributed by atoms with Gasteiger partial charge in [-0.25, -0.2) is 8.42 Å². The number of fused-ring (bicyclic) bond motifs is 2. The normalized spacial score (nSPS) is 13.5. The van der Waals surface area contributed by atoms with E-state index in [1.165, 1.54) is 47.0 Å². The van der Waals surface area contributed by atoms with Gasteiger partial charge in [-0.3, -0.25) is 9.59 Å². The SMILES string of the molecule is CCOC(=O)Cn1c(=NC(=O)c2ccc(S(=O)(=O)N(C)Cc3ccccc3)cc2)sc2cc3c(cc21)OCCO3. The zero-order valence-corrected chi connectivity index (χ0v) is 23.5. The van der Waals surface area contributed by atoms with Gasteiger partial charge < -0.3 is 18.8 Å². The number of amides is 1. The minimum atomic E-state index is -3.78. The third-order valence-electron chi connectivity index (χ3n) is 6.19. The molecule has 1 aromatic heterocycles. The topological polar surface area (TPSA) is 117 Å². The first-order valence-electron chi connectivity index (χ1n) is 12.5. The van der Waals surface area contributed by atoms with Crippen LogP contribution in [0.5, 0.6) is 11.5 Å². The fourth-order valence-corrected chi connectivity index (χ4v) is 6.40. The zero-order chi connectivity index (χ0) is 28.3. The molecule has 10 nitrogen and oxygen atoms in total. The molecule has 0 saturated carbocycles. The molecule has 1 aliphatic rings. The second-order valence-corrected chi connectivity index (χ2v) is 12.0. The molecule has 0 radical (unpaired) electrons. The second-order valence-electron chi connectivity index (χ2n) is 8.93. The lowest BCUT2D eigenvalue weighted by Crippen LogP contribution is -2.26. The molecule has 0 spiro atoms. The number of esters is 1. The summed E-state index contributed by atoms with van der Waals surface area (Å²) in [5, 5.41) is 0. The van der Waals surface area contributed by atoms with Crippen LogP contribution in [0.15, 0.2) is 76.6 Å². The summed E-state index contributed by atoms with van der Waals surface area (Å²) in [6.45, 7) is 2.83. The van der Waals surface area contributed by atoms with E-state index in [0.29, 0.717) is 30.2 Å². The lowest BCUT2D eigenvalue weighted by molar-refractivity contribution is -0.143. The number of thiazole rings is 1.